The van der Waals surface area contributed by atoms with Gasteiger partial charge in [-0.05, 0) is 36.6 Å². The molecular weight excluding hydrogens is 212 g/mol. The molecule has 0 unspecified atom stereocenters. The third kappa shape index (κ3) is 2.26. The molecule has 0 fully saturated rings. The minimum atomic E-state index is 0.192. The Kier molecular flexibility index (Phi) is 3.05. The minimum absolute atomic E-state index is 0.192. The lowest BCUT2D eigenvalue weighted by atomic mass is 9.98. The molecule has 2 rings (SSSR count). The molecule has 0 aromatic heterocycles. The highest BCUT2D eigenvalue weighted by molar-refractivity contribution is 5.54. The highest BCUT2D eigenvalue weighted by atomic mass is 16.3. The highest BCUT2D eigenvalue weighted by Gasteiger charge is 2.13. The first-order chi connectivity index (χ1) is 8.09. The average molecular weight is 228 g/mol. The molecule has 0 aliphatic heterocycles. The molecule has 0 saturated heterocycles. The quantitative estimate of drug-likeness (QED) is 0.828. The summed E-state index contributed by atoms with van der Waals surface area (Å²) >= 11 is 0. The number of aryl methyl sites for hydroxylation is 2. The maximum Gasteiger partial charge on any atom is 0.125 e. The van der Waals surface area contributed by atoms with Crippen molar-refractivity contribution in [2.75, 3.05) is 0 Å². The van der Waals surface area contributed by atoms with Crippen molar-refractivity contribution < 1.29 is 10.2 Å². The monoisotopic (exact) mass is 228 g/mol. The fourth-order valence-corrected chi connectivity index (χ4v) is 2.02. The number of aromatic hydroxyl groups is 2. The van der Waals surface area contributed by atoms with Gasteiger partial charge in [-0.1, -0.05) is 30.3 Å². The van der Waals surface area contributed by atoms with Crippen molar-refractivity contribution in [2.45, 2.75) is 20.3 Å². The van der Waals surface area contributed by atoms with Crippen LogP contribution in [0.15, 0.2) is 36.4 Å². The van der Waals surface area contributed by atoms with E-state index in [1.54, 1.807) is 6.07 Å². The molecule has 0 spiro atoms. The number of hydrogen-bond donors (Lipinski definition) is 2. The summed E-state index contributed by atoms with van der Waals surface area (Å²) in [4.78, 5) is 0. The average Bonchev–Trinajstić information content (AvgIpc) is 2.33. The first kappa shape index (κ1) is 11.5. The van der Waals surface area contributed by atoms with Gasteiger partial charge in [0.25, 0.3) is 0 Å². The Morgan fingerprint density at radius 3 is 1.94 bits per heavy atom. The van der Waals surface area contributed by atoms with Crippen LogP contribution in [0.2, 0.25) is 0 Å². The van der Waals surface area contributed by atoms with E-state index in [9.17, 15) is 10.2 Å². The van der Waals surface area contributed by atoms with E-state index in [1.165, 1.54) is 0 Å². The van der Waals surface area contributed by atoms with Crippen LogP contribution < -0.4 is 0 Å². The van der Waals surface area contributed by atoms with Gasteiger partial charge in [0, 0.05) is 12.0 Å². The molecule has 0 heterocycles. The van der Waals surface area contributed by atoms with Crippen molar-refractivity contribution in [3.63, 3.8) is 0 Å². The van der Waals surface area contributed by atoms with Crippen molar-refractivity contribution in [3.05, 3.63) is 58.7 Å². The van der Waals surface area contributed by atoms with E-state index in [0.717, 1.165) is 16.7 Å². The van der Waals surface area contributed by atoms with Crippen molar-refractivity contribution in [2.24, 2.45) is 0 Å². The second-order valence-corrected chi connectivity index (χ2v) is 4.35. The third-order valence-corrected chi connectivity index (χ3v) is 2.98. The Balaban J connectivity index is 2.46. The van der Waals surface area contributed by atoms with E-state index < -0.39 is 0 Å². The predicted octanol–water partition coefficient (Wildman–Crippen LogP) is 3.31. The first-order valence-corrected chi connectivity index (χ1v) is 5.64. The standard InChI is InChI=1S/C15H16O2/c1-10-8-11(2)15(17)13(14(10)16)9-12-6-4-3-5-7-12/h3-8,16-17H,9H2,1-2H3. The minimum Gasteiger partial charge on any atom is -0.507 e. The van der Waals surface area contributed by atoms with Crippen LogP contribution in [0, 0.1) is 13.8 Å². The number of benzene rings is 2. The summed E-state index contributed by atoms with van der Waals surface area (Å²) in [6.07, 6.45) is 0.543. The van der Waals surface area contributed by atoms with E-state index in [4.69, 9.17) is 0 Å². The molecule has 2 heteroatoms. The van der Waals surface area contributed by atoms with Crippen LogP contribution in [0.25, 0.3) is 0 Å². The van der Waals surface area contributed by atoms with Crippen LogP contribution >= 0.6 is 0 Å². The Hall–Kier alpha value is -1.96. The normalized spacial score (nSPS) is 10.5. The van der Waals surface area contributed by atoms with Crippen LogP contribution in [0.5, 0.6) is 11.5 Å². The van der Waals surface area contributed by atoms with Crippen molar-refractivity contribution in [1.82, 2.24) is 0 Å². The summed E-state index contributed by atoms with van der Waals surface area (Å²) in [5.41, 5.74) is 3.27. The summed E-state index contributed by atoms with van der Waals surface area (Å²) in [5, 5.41) is 20.0. The molecule has 0 aliphatic carbocycles. The molecule has 2 aromatic rings. The Labute approximate surface area is 101 Å². The lowest BCUT2D eigenvalue weighted by Crippen LogP contribution is -1.93. The second kappa shape index (κ2) is 4.50. The van der Waals surface area contributed by atoms with E-state index in [2.05, 4.69) is 0 Å². The molecule has 2 N–H and O–H groups in total. The van der Waals surface area contributed by atoms with Gasteiger partial charge >= 0.3 is 0 Å². The summed E-state index contributed by atoms with van der Waals surface area (Å²) in [5.74, 6) is 0.383. The first-order valence-electron chi connectivity index (χ1n) is 5.64. The van der Waals surface area contributed by atoms with Crippen LogP contribution in [0.4, 0.5) is 0 Å². The largest absolute Gasteiger partial charge is 0.507 e. The lowest BCUT2D eigenvalue weighted by molar-refractivity contribution is 0.435. The summed E-state index contributed by atoms with van der Waals surface area (Å²) < 4.78 is 0. The molecule has 2 aromatic carbocycles. The van der Waals surface area contributed by atoms with Crippen molar-refractivity contribution in [3.8, 4) is 11.5 Å². The fraction of sp³-hybridized carbons (Fsp3) is 0.200. The lowest BCUT2D eigenvalue weighted by Gasteiger charge is -2.12. The molecule has 17 heavy (non-hydrogen) atoms. The van der Waals surface area contributed by atoms with Gasteiger partial charge in [-0.25, -0.2) is 0 Å². The van der Waals surface area contributed by atoms with E-state index in [1.807, 2.05) is 44.2 Å². The van der Waals surface area contributed by atoms with E-state index >= 15 is 0 Å². The summed E-state index contributed by atoms with van der Waals surface area (Å²) in [6.45, 7) is 3.69. The van der Waals surface area contributed by atoms with Gasteiger partial charge in [0.05, 0.1) is 0 Å². The third-order valence-electron chi connectivity index (χ3n) is 2.98. The molecule has 0 saturated carbocycles. The van der Waals surface area contributed by atoms with Gasteiger partial charge in [0.2, 0.25) is 0 Å². The maximum absolute atomic E-state index is 10.0. The Bertz CT molecular complexity index is 504. The Morgan fingerprint density at radius 1 is 0.882 bits per heavy atom. The molecule has 0 amide bonds. The second-order valence-electron chi connectivity index (χ2n) is 4.35. The molecule has 0 aliphatic rings. The number of phenolic OH excluding ortho intramolecular Hbond substituents is 2. The van der Waals surface area contributed by atoms with Gasteiger partial charge in [-0.2, -0.15) is 0 Å². The molecule has 2 nitrogen and oxygen atoms in total. The van der Waals surface area contributed by atoms with Gasteiger partial charge in [0.15, 0.2) is 0 Å². The number of phenols is 2. The summed E-state index contributed by atoms with van der Waals surface area (Å²) in [6, 6.07) is 11.6. The van der Waals surface area contributed by atoms with Gasteiger partial charge in [-0.3, -0.25) is 0 Å². The molecular formula is C15H16O2. The maximum atomic E-state index is 10.0. The van der Waals surface area contributed by atoms with Gasteiger partial charge in [0.1, 0.15) is 11.5 Å². The van der Waals surface area contributed by atoms with Crippen LogP contribution in [-0.2, 0) is 6.42 Å². The van der Waals surface area contributed by atoms with Crippen LogP contribution in [0.1, 0.15) is 22.3 Å². The molecule has 0 atom stereocenters. The highest BCUT2D eigenvalue weighted by Crippen LogP contribution is 2.34. The van der Waals surface area contributed by atoms with Gasteiger partial charge < -0.3 is 10.2 Å². The van der Waals surface area contributed by atoms with Crippen molar-refractivity contribution in [1.29, 1.82) is 0 Å². The molecule has 0 bridgehead atoms. The van der Waals surface area contributed by atoms with Crippen LogP contribution in [0.3, 0.4) is 0 Å². The predicted molar refractivity (Wildman–Crippen MR) is 68.5 cm³/mol. The fourth-order valence-electron chi connectivity index (χ4n) is 2.02. The zero-order valence-corrected chi connectivity index (χ0v) is 10.1. The van der Waals surface area contributed by atoms with Gasteiger partial charge in [-0.15, -0.1) is 0 Å². The van der Waals surface area contributed by atoms with Crippen molar-refractivity contribution >= 4 is 0 Å². The number of rotatable bonds is 2. The zero-order chi connectivity index (χ0) is 12.4. The zero-order valence-electron chi connectivity index (χ0n) is 10.1. The Morgan fingerprint density at radius 2 is 1.41 bits per heavy atom. The molecule has 0 radical (unpaired) electrons. The SMILES string of the molecule is Cc1cc(C)c(O)c(Cc2ccccc2)c1O. The summed E-state index contributed by atoms with van der Waals surface area (Å²) in [7, 11) is 0. The smallest absolute Gasteiger partial charge is 0.125 e. The van der Waals surface area contributed by atoms with E-state index in [-0.39, 0.29) is 11.5 Å². The van der Waals surface area contributed by atoms with Crippen LogP contribution in [-0.4, -0.2) is 10.2 Å². The topological polar surface area (TPSA) is 40.5 Å². The van der Waals surface area contributed by atoms with E-state index in [0.29, 0.717) is 12.0 Å². The number of hydrogen-bond acceptors (Lipinski definition) is 2. The molecule has 88 valence electrons.